The zero-order chi connectivity index (χ0) is 9.72. The number of rotatable bonds is 5. The minimum Gasteiger partial charge on any atom is -0.0625 e. The Morgan fingerprint density at radius 2 is 0.833 bits per heavy atom. The van der Waals surface area contributed by atoms with Crippen molar-refractivity contribution in [2.45, 2.75) is 54.4 Å². The highest BCUT2D eigenvalue weighted by Gasteiger charge is 2.11. The molecular formula is C12H26. The second kappa shape index (κ2) is 5.61. The monoisotopic (exact) mass is 170 g/mol. The molecule has 0 aromatic rings. The van der Waals surface area contributed by atoms with Crippen LogP contribution >= 0.6 is 0 Å². The standard InChI is InChI=1S/C12H26/c1-9(2)11(5)7-8-12(6)10(3)4/h9-12H,7-8H2,1-6H3/t11-,12-/m0/s1. The van der Waals surface area contributed by atoms with Gasteiger partial charge in [-0.05, 0) is 23.7 Å². The first-order valence-corrected chi connectivity index (χ1v) is 5.45. The summed E-state index contributed by atoms with van der Waals surface area (Å²) >= 11 is 0. The molecule has 0 aliphatic heterocycles. The first kappa shape index (κ1) is 12.0. The zero-order valence-corrected chi connectivity index (χ0v) is 9.72. The van der Waals surface area contributed by atoms with E-state index >= 15 is 0 Å². The van der Waals surface area contributed by atoms with Crippen molar-refractivity contribution in [1.82, 2.24) is 0 Å². The zero-order valence-electron chi connectivity index (χ0n) is 9.72. The predicted molar refractivity (Wildman–Crippen MR) is 57.2 cm³/mol. The van der Waals surface area contributed by atoms with Gasteiger partial charge in [-0.3, -0.25) is 0 Å². The lowest BCUT2D eigenvalue weighted by Gasteiger charge is -2.20. The Kier molecular flexibility index (Phi) is 5.61. The highest BCUT2D eigenvalue weighted by atomic mass is 14.2. The predicted octanol–water partition coefficient (Wildman–Crippen LogP) is 4.35. The van der Waals surface area contributed by atoms with Crippen molar-refractivity contribution in [2.75, 3.05) is 0 Å². The van der Waals surface area contributed by atoms with Crippen LogP contribution in [0.5, 0.6) is 0 Å². The Morgan fingerprint density at radius 3 is 1.00 bits per heavy atom. The lowest BCUT2D eigenvalue weighted by molar-refractivity contribution is 0.312. The van der Waals surface area contributed by atoms with E-state index in [1.54, 1.807) is 0 Å². The topological polar surface area (TPSA) is 0 Å². The molecule has 74 valence electrons. The van der Waals surface area contributed by atoms with Gasteiger partial charge in [-0.2, -0.15) is 0 Å². The van der Waals surface area contributed by atoms with Gasteiger partial charge in [0.05, 0.1) is 0 Å². The van der Waals surface area contributed by atoms with Crippen LogP contribution in [0.3, 0.4) is 0 Å². The van der Waals surface area contributed by atoms with Crippen molar-refractivity contribution in [3.05, 3.63) is 0 Å². The molecule has 0 radical (unpaired) electrons. The normalized spacial score (nSPS) is 17.0. The van der Waals surface area contributed by atoms with Crippen LogP contribution in [0.2, 0.25) is 0 Å². The maximum Gasteiger partial charge on any atom is -0.0420 e. The highest BCUT2D eigenvalue weighted by Crippen LogP contribution is 2.22. The average Bonchev–Trinajstić information content (AvgIpc) is 1.98. The van der Waals surface area contributed by atoms with E-state index in [0.717, 1.165) is 23.7 Å². The van der Waals surface area contributed by atoms with Gasteiger partial charge in [0.15, 0.2) is 0 Å². The molecule has 0 aromatic heterocycles. The molecule has 0 saturated heterocycles. The molecule has 0 rings (SSSR count). The van der Waals surface area contributed by atoms with Gasteiger partial charge in [0.2, 0.25) is 0 Å². The van der Waals surface area contributed by atoms with Crippen molar-refractivity contribution in [3.8, 4) is 0 Å². The van der Waals surface area contributed by atoms with Gasteiger partial charge in [-0.15, -0.1) is 0 Å². The fourth-order valence-electron chi connectivity index (χ4n) is 1.19. The average molecular weight is 170 g/mol. The Morgan fingerprint density at radius 1 is 0.583 bits per heavy atom. The van der Waals surface area contributed by atoms with Crippen molar-refractivity contribution in [3.63, 3.8) is 0 Å². The molecule has 0 aliphatic rings. The largest absolute Gasteiger partial charge is 0.0625 e. The number of hydrogen-bond donors (Lipinski definition) is 0. The van der Waals surface area contributed by atoms with Crippen molar-refractivity contribution >= 4 is 0 Å². The van der Waals surface area contributed by atoms with E-state index in [2.05, 4.69) is 41.5 Å². The summed E-state index contributed by atoms with van der Waals surface area (Å²) in [6.07, 6.45) is 2.80. The third kappa shape index (κ3) is 4.79. The van der Waals surface area contributed by atoms with Gasteiger partial charge in [0.25, 0.3) is 0 Å². The molecular weight excluding hydrogens is 144 g/mol. The van der Waals surface area contributed by atoms with E-state index in [9.17, 15) is 0 Å². The fourth-order valence-corrected chi connectivity index (χ4v) is 1.19. The molecule has 0 aliphatic carbocycles. The molecule has 0 heteroatoms. The molecule has 0 bridgehead atoms. The van der Waals surface area contributed by atoms with E-state index in [0.29, 0.717) is 0 Å². The first-order chi connectivity index (χ1) is 5.45. The third-order valence-electron chi connectivity index (χ3n) is 3.35. The SMILES string of the molecule is CC(C)[C@@H](C)CC[C@H](C)C(C)C. The van der Waals surface area contributed by atoms with Gasteiger partial charge >= 0.3 is 0 Å². The summed E-state index contributed by atoms with van der Waals surface area (Å²) < 4.78 is 0. The number of hydrogen-bond acceptors (Lipinski definition) is 0. The van der Waals surface area contributed by atoms with Crippen LogP contribution < -0.4 is 0 Å². The van der Waals surface area contributed by atoms with Crippen molar-refractivity contribution in [1.29, 1.82) is 0 Å². The maximum atomic E-state index is 2.37. The van der Waals surface area contributed by atoms with Crippen LogP contribution in [0.1, 0.15) is 54.4 Å². The van der Waals surface area contributed by atoms with E-state index in [1.807, 2.05) is 0 Å². The molecule has 0 aromatic carbocycles. The van der Waals surface area contributed by atoms with Crippen molar-refractivity contribution in [2.24, 2.45) is 23.7 Å². The molecule has 0 nitrogen and oxygen atoms in total. The molecule has 0 saturated carbocycles. The summed E-state index contributed by atoms with van der Waals surface area (Å²) in [5, 5.41) is 0. The van der Waals surface area contributed by atoms with Gasteiger partial charge < -0.3 is 0 Å². The Bertz CT molecular complexity index is 88.6. The molecule has 0 N–H and O–H groups in total. The van der Waals surface area contributed by atoms with Crippen LogP contribution in [-0.2, 0) is 0 Å². The van der Waals surface area contributed by atoms with Crippen LogP contribution in [0.4, 0.5) is 0 Å². The molecule has 2 atom stereocenters. The lowest BCUT2D eigenvalue weighted by atomic mass is 9.86. The summed E-state index contributed by atoms with van der Waals surface area (Å²) in [4.78, 5) is 0. The maximum absolute atomic E-state index is 2.37. The smallest absolute Gasteiger partial charge is 0.0420 e. The Hall–Kier alpha value is 0. The fraction of sp³-hybridized carbons (Fsp3) is 1.00. The summed E-state index contributed by atoms with van der Waals surface area (Å²) in [6.45, 7) is 14.0. The minimum absolute atomic E-state index is 0.851. The summed E-state index contributed by atoms with van der Waals surface area (Å²) in [6, 6.07) is 0. The Labute approximate surface area is 78.8 Å². The van der Waals surface area contributed by atoms with E-state index in [1.165, 1.54) is 12.8 Å². The van der Waals surface area contributed by atoms with Crippen LogP contribution in [0.15, 0.2) is 0 Å². The second-order valence-electron chi connectivity index (χ2n) is 5.02. The van der Waals surface area contributed by atoms with Gasteiger partial charge in [-0.25, -0.2) is 0 Å². The molecule has 0 unspecified atom stereocenters. The van der Waals surface area contributed by atoms with Crippen LogP contribution in [0.25, 0.3) is 0 Å². The summed E-state index contributed by atoms with van der Waals surface area (Å²) in [5.74, 6) is 3.49. The van der Waals surface area contributed by atoms with E-state index < -0.39 is 0 Å². The van der Waals surface area contributed by atoms with Crippen molar-refractivity contribution < 1.29 is 0 Å². The summed E-state index contributed by atoms with van der Waals surface area (Å²) in [7, 11) is 0. The van der Waals surface area contributed by atoms with Gasteiger partial charge in [-0.1, -0.05) is 54.4 Å². The molecule has 0 spiro atoms. The molecule has 0 heterocycles. The molecule has 0 fully saturated rings. The van der Waals surface area contributed by atoms with E-state index in [-0.39, 0.29) is 0 Å². The molecule has 0 amide bonds. The Balaban J connectivity index is 3.54. The van der Waals surface area contributed by atoms with Gasteiger partial charge in [0, 0.05) is 0 Å². The third-order valence-corrected chi connectivity index (χ3v) is 3.35. The summed E-state index contributed by atoms with van der Waals surface area (Å²) in [5.41, 5.74) is 0. The van der Waals surface area contributed by atoms with Crippen LogP contribution in [-0.4, -0.2) is 0 Å². The van der Waals surface area contributed by atoms with Gasteiger partial charge in [0.1, 0.15) is 0 Å². The quantitative estimate of drug-likeness (QED) is 0.575. The minimum atomic E-state index is 0.851. The van der Waals surface area contributed by atoms with Crippen LogP contribution in [0, 0.1) is 23.7 Å². The first-order valence-electron chi connectivity index (χ1n) is 5.45. The van der Waals surface area contributed by atoms with E-state index in [4.69, 9.17) is 0 Å². The highest BCUT2D eigenvalue weighted by molar-refractivity contribution is 4.62. The molecule has 12 heavy (non-hydrogen) atoms. The lowest BCUT2D eigenvalue weighted by Crippen LogP contribution is -2.09. The second-order valence-corrected chi connectivity index (χ2v) is 5.02.